The Hall–Kier alpha value is -0.980. The number of nitrogens with one attached hydrogen (secondary N) is 1. The van der Waals surface area contributed by atoms with E-state index in [1.807, 2.05) is 36.0 Å². The molecule has 0 unspecified atom stereocenters. The van der Waals surface area contributed by atoms with Crippen LogP contribution in [0.1, 0.15) is 0 Å². The molecule has 0 radical (unpaired) electrons. The zero-order valence-corrected chi connectivity index (χ0v) is 13.9. The second kappa shape index (κ2) is 5.19. The lowest BCUT2D eigenvalue weighted by atomic mass is 10.2. The predicted molar refractivity (Wildman–Crippen MR) is 87.8 cm³/mol. The molecule has 1 aromatic carbocycles. The molecule has 0 saturated carbocycles. The van der Waals surface area contributed by atoms with Crippen LogP contribution in [0.5, 0.6) is 0 Å². The van der Waals surface area contributed by atoms with Gasteiger partial charge in [-0.3, -0.25) is 0 Å². The summed E-state index contributed by atoms with van der Waals surface area (Å²) in [4.78, 5) is 9.24. The monoisotopic (exact) mass is 397 g/mol. The van der Waals surface area contributed by atoms with Crippen molar-refractivity contribution in [1.29, 1.82) is 0 Å². The summed E-state index contributed by atoms with van der Waals surface area (Å²) in [5.41, 5.74) is 1.95. The van der Waals surface area contributed by atoms with Gasteiger partial charge in [0, 0.05) is 32.3 Å². The molecule has 2 aromatic heterocycles. The summed E-state index contributed by atoms with van der Waals surface area (Å²) < 4.78 is 1.95. The van der Waals surface area contributed by atoms with Crippen molar-refractivity contribution >= 4 is 59.9 Å². The van der Waals surface area contributed by atoms with E-state index in [-0.39, 0.29) is 0 Å². The van der Waals surface area contributed by atoms with Crippen LogP contribution in [0.15, 0.2) is 37.9 Å². The van der Waals surface area contributed by atoms with E-state index in [1.165, 1.54) is 0 Å². The Kier molecular flexibility index (Phi) is 3.56. The van der Waals surface area contributed by atoms with Crippen LogP contribution in [0.2, 0.25) is 0 Å². The number of rotatable bonds is 2. The third-order valence-corrected chi connectivity index (χ3v) is 4.48. The number of thiophene rings is 1. The average Bonchev–Trinajstić information content (AvgIpc) is 2.91. The fourth-order valence-electron chi connectivity index (χ4n) is 1.87. The van der Waals surface area contributed by atoms with Crippen molar-refractivity contribution in [2.45, 2.75) is 0 Å². The lowest BCUT2D eigenvalue weighted by Crippen LogP contribution is -1.98. The third kappa shape index (κ3) is 2.40. The highest BCUT2D eigenvalue weighted by Crippen LogP contribution is 2.32. The molecule has 0 fully saturated rings. The zero-order chi connectivity index (χ0) is 13.4. The van der Waals surface area contributed by atoms with Crippen molar-refractivity contribution < 1.29 is 0 Å². The molecular formula is C13H9Br2N3S. The molecule has 0 saturated heterocycles. The van der Waals surface area contributed by atoms with E-state index in [2.05, 4.69) is 47.1 Å². The van der Waals surface area contributed by atoms with Crippen molar-refractivity contribution in [3.8, 4) is 11.4 Å². The van der Waals surface area contributed by atoms with E-state index in [0.29, 0.717) is 0 Å². The second-order valence-electron chi connectivity index (χ2n) is 3.94. The van der Waals surface area contributed by atoms with E-state index < -0.39 is 0 Å². The van der Waals surface area contributed by atoms with Crippen LogP contribution in [0.25, 0.3) is 22.3 Å². The van der Waals surface area contributed by atoms with Crippen molar-refractivity contribution in [1.82, 2.24) is 9.97 Å². The van der Waals surface area contributed by atoms with Crippen LogP contribution in [0.4, 0.5) is 5.82 Å². The van der Waals surface area contributed by atoms with Gasteiger partial charge in [-0.1, -0.05) is 15.9 Å². The lowest BCUT2D eigenvalue weighted by Gasteiger charge is -2.09. The summed E-state index contributed by atoms with van der Waals surface area (Å²) in [6.45, 7) is 0. The topological polar surface area (TPSA) is 37.8 Å². The molecule has 96 valence electrons. The predicted octanol–water partition coefficient (Wildman–Crippen LogP) is 4.93. The van der Waals surface area contributed by atoms with E-state index >= 15 is 0 Å². The molecule has 0 amide bonds. The molecule has 6 heteroatoms. The summed E-state index contributed by atoms with van der Waals surface area (Å²) in [6.07, 6.45) is 0. The smallest absolute Gasteiger partial charge is 0.163 e. The van der Waals surface area contributed by atoms with Crippen LogP contribution in [-0.2, 0) is 0 Å². The van der Waals surface area contributed by atoms with Gasteiger partial charge in [-0.15, -0.1) is 0 Å². The summed E-state index contributed by atoms with van der Waals surface area (Å²) in [7, 11) is 1.87. The quantitative estimate of drug-likeness (QED) is 0.665. The standard InChI is InChI=1S/C13H9Br2N3S/c1-16-13-9-4-8(14)5-10(15)11(9)17-12(18-13)7-2-3-19-6-7/h2-6H,1H3,(H,16,17,18). The van der Waals surface area contributed by atoms with Gasteiger partial charge in [0.25, 0.3) is 0 Å². The van der Waals surface area contributed by atoms with Crippen LogP contribution >= 0.6 is 43.2 Å². The number of halogens is 2. The Morgan fingerprint density at radius 3 is 2.74 bits per heavy atom. The highest BCUT2D eigenvalue weighted by molar-refractivity contribution is 9.11. The number of hydrogen-bond donors (Lipinski definition) is 1. The van der Waals surface area contributed by atoms with Gasteiger partial charge in [0.1, 0.15) is 5.82 Å². The first-order valence-electron chi connectivity index (χ1n) is 5.56. The van der Waals surface area contributed by atoms with Gasteiger partial charge in [0.15, 0.2) is 5.82 Å². The largest absolute Gasteiger partial charge is 0.373 e. The van der Waals surface area contributed by atoms with Gasteiger partial charge in [-0.2, -0.15) is 11.3 Å². The maximum atomic E-state index is 4.65. The summed E-state index contributed by atoms with van der Waals surface area (Å²) in [5, 5.41) is 8.20. The zero-order valence-electron chi connectivity index (χ0n) is 9.95. The summed E-state index contributed by atoms with van der Waals surface area (Å²) >= 11 is 8.70. The lowest BCUT2D eigenvalue weighted by molar-refractivity contribution is 1.21. The Bertz CT molecular complexity index is 741. The number of hydrogen-bond acceptors (Lipinski definition) is 4. The molecule has 0 aliphatic rings. The van der Waals surface area contributed by atoms with Crippen molar-refractivity contribution in [2.75, 3.05) is 12.4 Å². The number of aromatic nitrogens is 2. The molecule has 0 spiro atoms. The Morgan fingerprint density at radius 1 is 1.21 bits per heavy atom. The molecule has 0 atom stereocenters. The number of nitrogens with zero attached hydrogens (tertiary/aromatic N) is 2. The molecular weight excluding hydrogens is 390 g/mol. The van der Waals surface area contributed by atoms with Gasteiger partial charge in [-0.05, 0) is 39.5 Å². The first kappa shape index (κ1) is 13.0. The highest BCUT2D eigenvalue weighted by Gasteiger charge is 2.12. The molecule has 1 N–H and O–H groups in total. The molecule has 3 nitrogen and oxygen atoms in total. The fraction of sp³-hybridized carbons (Fsp3) is 0.0769. The van der Waals surface area contributed by atoms with E-state index in [1.54, 1.807) is 11.3 Å². The van der Waals surface area contributed by atoms with Gasteiger partial charge in [0.2, 0.25) is 0 Å². The van der Waals surface area contributed by atoms with Crippen LogP contribution in [0, 0.1) is 0 Å². The minimum atomic E-state index is 0.737. The molecule has 0 aliphatic carbocycles. The Morgan fingerprint density at radius 2 is 2.05 bits per heavy atom. The maximum Gasteiger partial charge on any atom is 0.163 e. The minimum absolute atomic E-state index is 0.737. The van der Waals surface area contributed by atoms with Crippen molar-refractivity contribution in [3.05, 3.63) is 37.9 Å². The molecule has 0 bridgehead atoms. The number of benzene rings is 1. The van der Waals surface area contributed by atoms with Gasteiger partial charge in [0.05, 0.1) is 5.52 Å². The highest BCUT2D eigenvalue weighted by atomic mass is 79.9. The molecule has 3 aromatic rings. The average molecular weight is 399 g/mol. The first-order valence-corrected chi connectivity index (χ1v) is 8.09. The molecule has 19 heavy (non-hydrogen) atoms. The second-order valence-corrected chi connectivity index (χ2v) is 6.49. The molecule has 2 heterocycles. The van der Waals surface area contributed by atoms with Gasteiger partial charge >= 0.3 is 0 Å². The SMILES string of the molecule is CNc1nc(-c2ccsc2)nc2c(Br)cc(Br)cc12. The Balaban J connectivity index is 2.34. The maximum absolute atomic E-state index is 4.65. The molecule has 3 rings (SSSR count). The molecule has 0 aliphatic heterocycles. The normalized spacial score (nSPS) is 10.9. The van der Waals surface area contributed by atoms with E-state index in [9.17, 15) is 0 Å². The van der Waals surface area contributed by atoms with Gasteiger partial charge < -0.3 is 5.32 Å². The summed E-state index contributed by atoms with van der Waals surface area (Å²) in [5.74, 6) is 1.56. The van der Waals surface area contributed by atoms with Crippen LogP contribution < -0.4 is 5.32 Å². The van der Waals surface area contributed by atoms with Crippen molar-refractivity contribution in [3.63, 3.8) is 0 Å². The van der Waals surface area contributed by atoms with Crippen molar-refractivity contribution in [2.24, 2.45) is 0 Å². The van der Waals surface area contributed by atoms with Gasteiger partial charge in [-0.25, -0.2) is 9.97 Å². The Labute approximate surface area is 131 Å². The van der Waals surface area contributed by atoms with Crippen LogP contribution in [-0.4, -0.2) is 17.0 Å². The van der Waals surface area contributed by atoms with E-state index in [4.69, 9.17) is 0 Å². The summed E-state index contributed by atoms with van der Waals surface area (Å²) in [6, 6.07) is 6.04. The fourth-order valence-corrected chi connectivity index (χ4v) is 3.82. The van der Waals surface area contributed by atoms with E-state index in [0.717, 1.165) is 37.1 Å². The first-order chi connectivity index (χ1) is 9.19. The number of anilines is 1. The third-order valence-electron chi connectivity index (χ3n) is 2.73. The number of fused-ring (bicyclic) bond motifs is 1. The minimum Gasteiger partial charge on any atom is -0.373 e. The van der Waals surface area contributed by atoms with Crippen LogP contribution in [0.3, 0.4) is 0 Å².